The first kappa shape index (κ1) is 27.6. The van der Waals surface area contributed by atoms with Gasteiger partial charge in [-0.2, -0.15) is 0 Å². The van der Waals surface area contributed by atoms with Crippen molar-refractivity contribution >= 4 is 27.7 Å². The minimum atomic E-state index is -0.663. The quantitative estimate of drug-likeness (QED) is 0.286. The number of hydrogen-bond acceptors (Lipinski definition) is 4. The number of fused-ring (bicyclic) bond motifs is 5. The number of hydrogen-bond donors (Lipinski definition) is 1. The molecule has 5 heteroatoms. The largest absolute Gasteiger partial charge is 0.463 e. The molecular weight excluding hydrogens is 504 g/mol. The number of carbonyl (C=O) groups excluding carboxylic acids is 2. The van der Waals surface area contributed by atoms with Crippen molar-refractivity contribution in [1.82, 2.24) is 0 Å². The molecule has 4 fully saturated rings. The van der Waals surface area contributed by atoms with Gasteiger partial charge in [-0.3, -0.25) is 9.59 Å². The normalized spacial score (nSPS) is 44.6. The minimum Gasteiger partial charge on any atom is -0.463 e. The molecule has 200 valence electrons. The van der Waals surface area contributed by atoms with Crippen molar-refractivity contribution in [3.63, 3.8) is 0 Å². The number of alkyl halides is 1. The molecule has 0 saturated heterocycles. The lowest BCUT2D eigenvalue weighted by Crippen LogP contribution is -2.57. The lowest BCUT2D eigenvalue weighted by Gasteiger charge is -2.60. The molecule has 0 aliphatic heterocycles. The average Bonchev–Trinajstić information content (AvgIpc) is 3.10. The highest BCUT2D eigenvalue weighted by Crippen LogP contribution is 2.68. The van der Waals surface area contributed by atoms with Crippen molar-refractivity contribution in [2.24, 2.45) is 52.3 Å². The lowest BCUT2D eigenvalue weighted by atomic mass is 9.44. The van der Waals surface area contributed by atoms with Crippen LogP contribution in [0.1, 0.15) is 106 Å². The molecule has 0 heterocycles. The molecule has 0 aromatic heterocycles. The summed E-state index contributed by atoms with van der Waals surface area (Å²) in [6, 6.07) is 0. The number of rotatable bonds is 6. The second-order valence-corrected chi connectivity index (χ2v) is 15.1. The Bertz CT molecular complexity index is 823. The lowest BCUT2D eigenvalue weighted by molar-refractivity contribution is -0.169. The van der Waals surface area contributed by atoms with Crippen molar-refractivity contribution in [3.8, 4) is 0 Å². The van der Waals surface area contributed by atoms with Gasteiger partial charge >= 0.3 is 5.97 Å². The minimum absolute atomic E-state index is 0.0486. The summed E-state index contributed by atoms with van der Waals surface area (Å²) >= 11 is 4.00. The molecular formula is C30H49BrO4. The van der Waals surface area contributed by atoms with Crippen LogP contribution >= 0.6 is 15.9 Å². The first-order valence-corrected chi connectivity index (χ1v) is 15.2. The van der Waals surface area contributed by atoms with Crippen molar-refractivity contribution in [3.05, 3.63) is 0 Å². The van der Waals surface area contributed by atoms with Gasteiger partial charge in [-0.05, 0) is 105 Å². The summed E-state index contributed by atoms with van der Waals surface area (Å²) in [6.45, 7) is 15.0. The van der Waals surface area contributed by atoms with Crippen molar-refractivity contribution in [2.45, 2.75) is 123 Å². The monoisotopic (exact) mass is 552 g/mol. The van der Waals surface area contributed by atoms with Gasteiger partial charge in [0.05, 0.1) is 5.60 Å². The van der Waals surface area contributed by atoms with Crippen LogP contribution in [0, 0.1) is 52.3 Å². The fourth-order valence-corrected chi connectivity index (χ4v) is 10.3. The molecule has 35 heavy (non-hydrogen) atoms. The van der Waals surface area contributed by atoms with Crippen LogP contribution in [0.5, 0.6) is 0 Å². The van der Waals surface area contributed by atoms with E-state index in [0.29, 0.717) is 40.2 Å². The second kappa shape index (κ2) is 9.71. The Morgan fingerprint density at radius 1 is 1.11 bits per heavy atom. The fraction of sp³-hybridized carbons (Fsp3) is 0.933. The molecule has 1 N–H and O–H groups in total. The van der Waals surface area contributed by atoms with Gasteiger partial charge in [-0.15, -0.1) is 0 Å². The van der Waals surface area contributed by atoms with E-state index in [1.807, 2.05) is 6.92 Å². The predicted molar refractivity (Wildman–Crippen MR) is 143 cm³/mol. The number of aliphatic hydroxyl groups is 1. The summed E-state index contributed by atoms with van der Waals surface area (Å²) in [4.78, 5) is 25.4. The van der Waals surface area contributed by atoms with E-state index in [1.54, 1.807) is 0 Å². The first-order chi connectivity index (χ1) is 16.2. The molecule has 0 aromatic rings. The third-order valence-corrected chi connectivity index (χ3v) is 13.0. The summed E-state index contributed by atoms with van der Waals surface area (Å²) in [5.74, 6) is 3.33. The Labute approximate surface area is 221 Å². The van der Waals surface area contributed by atoms with Crippen LogP contribution in [0.3, 0.4) is 0 Å². The predicted octanol–water partition coefficient (Wildman–Crippen LogP) is 6.95. The number of ether oxygens (including phenoxy) is 1. The first-order valence-electron chi connectivity index (χ1n) is 14.3. The van der Waals surface area contributed by atoms with Crippen molar-refractivity contribution < 1.29 is 19.4 Å². The van der Waals surface area contributed by atoms with Crippen LogP contribution in [0.2, 0.25) is 0 Å². The summed E-state index contributed by atoms with van der Waals surface area (Å²) in [6.07, 6.45) is 8.96. The summed E-state index contributed by atoms with van der Waals surface area (Å²) < 4.78 is 5.55. The van der Waals surface area contributed by atoms with Crippen LogP contribution in [0.4, 0.5) is 0 Å². The number of ketones is 1. The van der Waals surface area contributed by atoms with E-state index in [4.69, 9.17) is 4.74 Å². The molecule has 0 spiro atoms. The highest BCUT2D eigenvalue weighted by atomic mass is 79.9. The molecule has 4 rings (SSSR count). The van der Waals surface area contributed by atoms with E-state index in [1.165, 1.54) is 32.6 Å². The van der Waals surface area contributed by atoms with Gasteiger partial charge in [0.2, 0.25) is 0 Å². The summed E-state index contributed by atoms with van der Waals surface area (Å²) in [5, 5.41) is 10.9. The van der Waals surface area contributed by atoms with Gasteiger partial charge < -0.3 is 9.84 Å². The van der Waals surface area contributed by atoms with E-state index >= 15 is 0 Å². The van der Waals surface area contributed by atoms with Crippen LogP contribution in [-0.2, 0) is 14.3 Å². The van der Waals surface area contributed by atoms with Gasteiger partial charge in [0.25, 0.3) is 0 Å². The van der Waals surface area contributed by atoms with Crippen LogP contribution in [0.15, 0.2) is 0 Å². The molecule has 0 unspecified atom stereocenters. The maximum Gasteiger partial charge on any atom is 0.302 e. The van der Waals surface area contributed by atoms with Gasteiger partial charge in [-0.1, -0.05) is 50.5 Å². The summed E-state index contributed by atoms with van der Waals surface area (Å²) in [7, 11) is 0. The molecule has 11 atom stereocenters. The molecule has 4 aliphatic rings. The SMILES string of the molecule is CC(=O)O[C@H]1CC[C@@]2(C)[C@H](C1)C(=O)C[C@@H]1[C@@H]2CC[C@]2(C)[C@@H]([C@H](C)[C@@H](Br)C[C@@](C)(O)C(C)C)CC[C@@H]12. The maximum absolute atomic E-state index is 13.6. The number of carbonyl (C=O) groups is 2. The zero-order valence-corrected chi connectivity index (χ0v) is 24.7. The molecule has 4 aliphatic carbocycles. The fourth-order valence-electron chi connectivity index (χ4n) is 9.32. The zero-order chi connectivity index (χ0) is 25.9. The van der Waals surface area contributed by atoms with E-state index in [0.717, 1.165) is 32.1 Å². The third kappa shape index (κ3) is 4.79. The van der Waals surface area contributed by atoms with Crippen molar-refractivity contribution in [1.29, 1.82) is 0 Å². The summed E-state index contributed by atoms with van der Waals surface area (Å²) in [5.41, 5.74) is -0.340. The van der Waals surface area contributed by atoms with Crippen LogP contribution < -0.4 is 0 Å². The van der Waals surface area contributed by atoms with E-state index in [-0.39, 0.29) is 34.7 Å². The Hall–Kier alpha value is -0.420. The number of esters is 1. The smallest absolute Gasteiger partial charge is 0.302 e. The highest BCUT2D eigenvalue weighted by molar-refractivity contribution is 9.09. The van der Waals surface area contributed by atoms with Crippen LogP contribution in [0.25, 0.3) is 0 Å². The Balaban J connectivity index is 1.51. The van der Waals surface area contributed by atoms with Gasteiger partial charge in [0.15, 0.2) is 0 Å². The Morgan fingerprint density at radius 3 is 2.37 bits per heavy atom. The Morgan fingerprint density at radius 2 is 1.74 bits per heavy atom. The highest BCUT2D eigenvalue weighted by Gasteiger charge is 2.63. The van der Waals surface area contributed by atoms with E-state index < -0.39 is 5.60 Å². The van der Waals surface area contributed by atoms with Gasteiger partial charge in [0, 0.05) is 24.1 Å². The molecule has 0 amide bonds. The molecule has 0 radical (unpaired) electrons. The maximum atomic E-state index is 13.6. The van der Waals surface area contributed by atoms with Gasteiger partial charge in [-0.25, -0.2) is 0 Å². The average molecular weight is 554 g/mol. The molecule has 4 nitrogen and oxygen atoms in total. The molecule has 0 bridgehead atoms. The van der Waals surface area contributed by atoms with E-state index in [2.05, 4.69) is 50.5 Å². The molecule has 0 aromatic carbocycles. The van der Waals surface area contributed by atoms with E-state index in [9.17, 15) is 14.7 Å². The zero-order valence-electron chi connectivity index (χ0n) is 23.1. The molecule has 4 saturated carbocycles. The van der Waals surface area contributed by atoms with Crippen LogP contribution in [-0.4, -0.2) is 33.4 Å². The Kier molecular flexibility index (Phi) is 7.66. The topological polar surface area (TPSA) is 63.6 Å². The van der Waals surface area contributed by atoms with Gasteiger partial charge in [0.1, 0.15) is 11.9 Å². The standard InChI is InChI=1S/C30H49BrO4/c1-17(2)30(7,34)16-26(31)18(3)22-8-9-23-21-15-27(33)25-14-20(35-19(4)32)10-12-29(25,6)24(21)11-13-28(22,23)5/h17-18,20-26,34H,8-16H2,1-7H3/t18-,20-,21-,22+,23-,24-,25+,26-,28+,29+,30+/m0/s1. The number of halogens is 1. The van der Waals surface area contributed by atoms with Crippen molar-refractivity contribution in [2.75, 3.05) is 0 Å². The third-order valence-electron chi connectivity index (χ3n) is 11.9. The second-order valence-electron chi connectivity index (χ2n) is 13.9. The number of Topliss-reactive ketones (excluding diaryl/α,β-unsaturated/α-hetero) is 1.